The summed E-state index contributed by atoms with van der Waals surface area (Å²) in [5.74, 6) is -2.67. The Morgan fingerprint density at radius 2 is 1.94 bits per heavy atom. The number of hydrogen-bond donors (Lipinski definition) is 1. The maximum atomic E-state index is 12.9. The number of hydrogen-bond acceptors (Lipinski definition) is 2. The van der Waals surface area contributed by atoms with Gasteiger partial charge in [-0.15, -0.1) is 0 Å². The molecule has 3 nitrogen and oxygen atoms in total. The fraction of sp³-hybridized carbons (Fsp3) is 0.909. The van der Waals surface area contributed by atoms with Crippen LogP contribution >= 0.6 is 0 Å². The molecule has 0 aromatic carbocycles. The van der Waals surface area contributed by atoms with E-state index in [-0.39, 0.29) is 30.9 Å². The molecule has 2 fully saturated rings. The molecule has 1 saturated heterocycles. The number of carbonyl (C=O) groups excluding carboxylic acids is 1. The first-order chi connectivity index (χ1) is 7.57. The van der Waals surface area contributed by atoms with Crippen LogP contribution in [0.4, 0.5) is 8.78 Å². The summed E-state index contributed by atoms with van der Waals surface area (Å²) < 4.78 is 31.0. The smallest absolute Gasteiger partial charge is 0.249 e. The van der Waals surface area contributed by atoms with E-state index in [2.05, 4.69) is 5.32 Å². The van der Waals surface area contributed by atoms with Gasteiger partial charge >= 0.3 is 0 Å². The van der Waals surface area contributed by atoms with Gasteiger partial charge in [0.15, 0.2) is 0 Å². The molecular formula is C11H17F2NO2. The van der Waals surface area contributed by atoms with Crippen LogP contribution in [0, 0.1) is 0 Å². The highest BCUT2D eigenvalue weighted by Crippen LogP contribution is 2.33. The molecule has 1 N–H and O–H groups in total. The van der Waals surface area contributed by atoms with E-state index in [9.17, 15) is 13.6 Å². The lowest BCUT2D eigenvalue weighted by Crippen LogP contribution is -2.44. The minimum Gasteiger partial charge on any atom is -0.368 e. The Kier molecular flexibility index (Phi) is 3.42. The molecule has 2 rings (SSSR count). The first kappa shape index (κ1) is 11.8. The third kappa shape index (κ3) is 2.90. The Labute approximate surface area is 93.5 Å². The molecule has 2 aliphatic rings. The molecule has 16 heavy (non-hydrogen) atoms. The van der Waals surface area contributed by atoms with E-state index in [4.69, 9.17) is 4.74 Å². The maximum Gasteiger partial charge on any atom is 0.249 e. The van der Waals surface area contributed by atoms with Crippen LogP contribution in [0.1, 0.15) is 38.5 Å². The van der Waals surface area contributed by atoms with Crippen LogP contribution in [0.5, 0.6) is 0 Å². The number of nitrogens with one attached hydrogen (secondary N) is 1. The Bertz CT molecular complexity index is 255. The van der Waals surface area contributed by atoms with Crippen molar-refractivity contribution in [1.29, 1.82) is 0 Å². The molecule has 1 atom stereocenters. The zero-order chi connectivity index (χ0) is 11.6. The van der Waals surface area contributed by atoms with E-state index < -0.39 is 5.92 Å². The van der Waals surface area contributed by atoms with Gasteiger partial charge in [0.05, 0.1) is 0 Å². The molecule has 0 aromatic rings. The Morgan fingerprint density at radius 3 is 2.50 bits per heavy atom. The lowest BCUT2D eigenvalue weighted by molar-refractivity contribution is -0.131. The fourth-order valence-electron chi connectivity index (χ4n) is 2.26. The molecule has 0 spiro atoms. The molecule has 0 aromatic heterocycles. The molecule has 5 heteroatoms. The highest BCUT2D eigenvalue weighted by molar-refractivity contribution is 5.81. The lowest BCUT2D eigenvalue weighted by Gasteiger charge is -2.29. The standard InChI is InChI=1S/C11H17F2NO2/c12-11(13)5-3-8(4-6-11)14-10(15)9-2-1-7-16-9/h8-9H,1-7H2,(H,14,15)/t9-/m0/s1. The van der Waals surface area contributed by atoms with E-state index >= 15 is 0 Å². The van der Waals surface area contributed by atoms with Gasteiger partial charge in [0.25, 0.3) is 0 Å². The predicted octanol–water partition coefficient (Wildman–Crippen LogP) is 1.86. The average Bonchev–Trinajstić information content (AvgIpc) is 2.74. The van der Waals surface area contributed by atoms with Gasteiger partial charge in [-0.05, 0) is 25.7 Å². The van der Waals surface area contributed by atoms with Crippen LogP contribution in [0.25, 0.3) is 0 Å². The minimum atomic E-state index is -2.54. The number of rotatable bonds is 2. The minimum absolute atomic E-state index is 0.101. The van der Waals surface area contributed by atoms with Gasteiger partial charge in [0.1, 0.15) is 6.10 Å². The Balaban J connectivity index is 1.76. The summed E-state index contributed by atoms with van der Waals surface area (Å²) in [7, 11) is 0. The third-order valence-corrected chi connectivity index (χ3v) is 3.29. The van der Waals surface area contributed by atoms with Crippen molar-refractivity contribution in [2.45, 2.75) is 56.6 Å². The van der Waals surface area contributed by atoms with Crippen LogP contribution in [0.15, 0.2) is 0 Å². The van der Waals surface area contributed by atoms with E-state index in [1.165, 1.54) is 0 Å². The molecule has 0 bridgehead atoms. The molecule has 1 heterocycles. The van der Waals surface area contributed by atoms with Gasteiger partial charge in [-0.1, -0.05) is 0 Å². The number of amides is 1. The third-order valence-electron chi connectivity index (χ3n) is 3.29. The van der Waals surface area contributed by atoms with Gasteiger partial charge in [0, 0.05) is 25.5 Å². The quantitative estimate of drug-likeness (QED) is 0.790. The second-order valence-electron chi connectivity index (χ2n) is 4.64. The lowest BCUT2D eigenvalue weighted by atomic mass is 9.92. The molecule has 1 aliphatic heterocycles. The second-order valence-corrected chi connectivity index (χ2v) is 4.64. The first-order valence-electron chi connectivity index (χ1n) is 5.87. The van der Waals surface area contributed by atoms with E-state index in [1.807, 2.05) is 0 Å². The summed E-state index contributed by atoms with van der Waals surface area (Å²) in [6, 6.07) is -0.101. The zero-order valence-corrected chi connectivity index (χ0v) is 9.18. The Hall–Kier alpha value is -0.710. The van der Waals surface area contributed by atoms with Crippen LogP contribution in [-0.4, -0.2) is 30.6 Å². The van der Waals surface area contributed by atoms with Gasteiger partial charge in [0.2, 0.25) is 11.8 Å². The van der Waals surface area contributed by atoms with Crippen molar-refractivity contribution in [3.05, 3.63) is 0 Å². The summed E-state index contributed by atoms with van der Waals surface area (Å²) in [6.07, 6.45) is 1.78. The van der Waals surface area contributed by atoms with E-state index in [1.54, 1.807) is 0 Å². The van der Waals surface area contributed by atoms with E-state index in [0.29, 0.717) is 19.4 Å². The molecule has 1 saturated carbocycles. The van der Waals surface area contributed by atoms with Crippen LogP contribution in [0.3, 0.4) is 0 Å². The molecule has 1 amide bonds. The highest BCUT2D eigenvalue weighted by Gasteiger charge is 2.36. The molecule has 92 valence electrons. The van der Waals surface area contributed by atoms with Gasteiger partial charge in [-0.25, -0.2) is 8.78 Å². The predicted molar refractivity (Wildman–Crippen MR) is 54.3 cm³/mol. The topological polar surface area (TPSA) is 38.3 Å². The van der Waals surface area contributed by atoms with Crippen LogP contribution in [-0.2, 0) is 9.53 Å². The van der Waals surface area contributed by atoms with Crippen molar-refractivity contribution in [2.24, 2.45) is 0 Å². The summed E-state index contributed by atoms with van der Waals surface area (Å²) in [5.41, 5.74) is 0. The van der Waals surface area contributed by atoms with Crippen LogP contribution < -0.4 is 5.32 Å². The molecular weight excluding hydrogens is 216 g/mol. The largest absolute Gasteiger partial charge is 0.368 e. The SMILES string of the molecule is O=C(NC1CCC(F)(F)CC1)[C@@H]1CCCO1. The number of alkyl halides is 2. The van der Waals surface area contributed by atoms with Crippen molar-refractivity contribution in [1.82, 2.24) is 5.32 Å². The second kappa shape index (κ2) is 4.65. The summed E-state index contributed by atoms with van der Waals surface area (Å²) >= 11 is 0. The first-order valence-corrected chi connectivity index (χ1v) is 5.87. The normalized spacial score (nSPS) is 30.2. The van der Waals surface area contributed by atoms with Crippen molar-refractivity contribution < 1.29 is 18.3 Å². The highest BCUT2D eigenvalue weighted by atomic mass is 19.3. The monoisotopic (exact) mass is 233 g/mol. The molecule has 1 aliphatic carbocycles. The summed E-state index contributed by atoms with van der Waals surface area (Å²) in [5, 5.41) is 2.80. The van der Waals surface area contributed by atoms with Crippen LogP contribution in [0.2, 0.25) is 0 Å². The molecule has 0 radical (unpaired) electrons. The number of carbonyl (C=O) groups is 1. The fourth-order valence-corrected chi connectivity index (χ4v) is 2.26. The Morgan fingerprint density at radius 1 is 1.25 bits per heavy atom. The maximum absolute atomic E-state index is 12.9. The van der Waals surface area contributed by atoms with Crippen molar-refractivity contribution in [3.8, 4) is 0 Å². The van der Waals surface area contributed by atoms with Gasteiger partial charge in [-0.2, -0.15) is 0 Å². The van der Waals surface area contributed by atoms with Crippen molar-refractivity contribution in [3.63, 3.8) is 0 Å². The van der Waals surface area contributed by atoms with Gasteiger partial charge in [-0.3, -0.25) is 4.79 Å². The van der Waals surface area contributed by atoms with Crippen molar-refractivity contribution in [2.75, 3.05) is 6.61 Å². The van der Waals surface area contributed by atoms with Gasteiger partial charge < -0.3 is 10.1 Å². The summed E-state index contributed by atoms with van der Waals surface area (Å²) in [4.78, 5) is 11.7. The summed E-state index contributed by atoms with van der Waals surface area (Å²) in [6.45, 7) is 0.626. The zero-order valence-electron chi connectivity index (χ0n) is 9.18. The number of halogens is 2. The average molecular weight is 233 g/mol. The number of ether oxygens (including phenoxy) is 1. The van der Waals surface area contributed by atoms with E-state index in [0.717, 1.165) is 12.8 Å². The van der Waals surface area contributed by atoms with Crippen molar-refractivity contribution >= 4 is 5.91 Å². The molecule has 0 unspecified atom stereocenters.